The van der Waals surface area contributed by atoms with Crippen LogP contribution >= 0.6 is 0 Å². The summed E-state index contributed by atoms with van der Waals surface area (Å²) in [6, 6.07) is 10.3. The van der Waals surface area contributed by atoms with E-state index in [1.807, 2.05) is 35.0 Å². The van der Waals surface area contributed by atoms with Crippen LogP contribution in [0.15, 0.2) is 36.5 Å². The molecule has 0 aliphatic carbocycles. The number of rotatable bonds is 3. The number of hydrogen-bond donors (Lipinski definition) is 1. The number of benzene rings is 1. The van der Waals surface area contributed by atoms with E-state index < -0.39 is 0 Å². The van der Waals surface area contributed by atoms with Crippen LogP contribution in [0.3, 0.4) is 0 Å². The molecule has 1 aromatic carbocycles. The van der Waals surface area contributed by atoms with Gasteiger partial charge in [-0.2, -0.15) is 0 Å². The smallest absolute Gasteiger partial charge is 0.149 e. The molecular weight excluding hydrogens is 188 g/mol. The van der Waals surface area contributed by atoms with Crippen molar-refractivity contribution in [1.29, 1.82) is 0 Å². The quantitative estimate of drug-likeness (QED) is 0.831. The monoisotopic (exact) mass is 202 g/mol. The van der Waals surface area contributed by atoms with Crippen LogP contribution in [0.5, 0.6) is 0 Å². The zero-order valence-electron chi connectivity index (χ0n) is 8.88. The first kappa shape index (κ1) is 9.71. The van der Waals surface area contributed by atoms with Crippen LogP contribution in [-0.2, 0) is 0 Å². The van der Waals surface area contributed by atoms with Gasteiger partial charge in [0, 0.05) is 5.69 Å². The van der Waals surface area contributed by atoms with Crippen molar-refractivity contribution in [2.24, 2.45) is 0 Å². The lowest BCUT2D eigenvalue weighted by atomic mass is 10.3. The van der Waals surface area contributed by atoms with Crippen LogP contribution in [0.25, 0.3) is 0 Å². The fourth-order valence-corrected chi connectivity index (χ4v) is 1.38. The van der Waals surface area contributed by atoms with Crippen LogP contribution in [-0.4, -0.2) is 15.0 Å². The van der Waals surface area contributed by atoms with Gasteiger partial charge in [0.2, 0.25) is 0 Å². The largest absolute Gasteiger partial charge is 0.339 e. The van der Waals surface area contributed by atoms with E-state index in [1.54, 1.807) is 6.20 Å². The first-order valence-electron chi connectivity index (χ1n) is 4.99. The number of hydrogen-bond acceptors (Lipinski definition) is 3. The number of nitrogens with one attached hydrogen (secondary N) is 1. The first-order chi connectivity index (χ1) is 7.27. The zero-order chi connectivity index (χ0) is 10.7. The van der Waals surface area contributed by atoms with Crippen molar-refractivity contribution >= 4 is 11.5 Å². The lowest BCUT2D eigenvalue weighted by Crippen LogP contribution is -2.07. The van der Waals surface area contributed by atoms with Gasteiger partial charge in [0.05, 0.1) is 12.2 Å². The van der Waals surface area contributed by atoms with Crippen molar-refractivity contribution in [1.82, 2.24) is 15.0 Å². The third-order valence-electron chi connectivity index (χ3n) is 2.11. The standard InChI is InChI=1S/C11H14N4/c1-9(2)15-11(8-12-14-15)13-10-6-4-3-5-7-10/h3-9,13H,1-2H3. The van der Waals surface area contributed by atoms with E-state index >= 15 is 0 Å². The minimum Gasteiger partial charge on any atom is -0.339 e. The van der Waals surface area contributed by atoms with Crippen molar-refractivity contribution in [3.05, 3.63) is 36.5 Å². The van der Waals surface area contributed by atoms with Crippen LogP contribution in [0.1, 0.15) is 19.9 Å². The lowest BCUT2D eigenvalue weighted by molar-refractivity contribution is 0.520. The molecule has 1 aromatic heterocycles. The summed E-state index contributed by atoms with van der Waals surface area (Å²) >= 11 is 0. The van der Waals surface area contributed by atoms with Gasteiger partial charge in [-0.05, 0) is 26.0 Å². The van der Waals surface area contributed by atoms with Gasteiger partial charge in [-0.15, -0.1) is 5.10 Å². The molecule has 0 aliphatic rings. The Labute approximate surface area is 88.9 Å². The zero-order valence-corrected chi connectivity index (χ0v) is 8.88. The summed E-state index contributed by atoms with van der Waals surface area (Å²) in [5.41, 5.74) is 1.04. The molecule has 0 amide bonds. The van der Waals surface area contributed by atoms with Crippen molar-refractivity contribution in [2.45, 2.75) is 19.9 Å². The SMILES string of the molecule is CC(C)n1nncc1Nc1ccccc1. The van der Waals surface area contributed by atoms with Gasteiger partial charge in [0.15, 0.2) is 0 Å². The molecule has 15 heavy (non-hydrogen) atoms. The van der Waals surface area contributed by atoms with Crippen molar-refractivity contribution in [3.8, 4) is 0 Å². The van der Waals surface area contributed by atoms with Crippen molar-refractivity contribution < 1.29 is 0 Å². The minimum absolute atomic E-state index is 0.304. The summed E-state index contributed by atoms with van der Waals surface area (Å²) < 4.78 is 1.85. The topological polar surface area (TPSA) is 42.7 Å². The van der Waals surface area contributed by atoms with E-state index in [2.05, 4.69) is 29.5 Å². The number of nitrogens with zero attached hydrogens (tertiary/aromatic N) is 3. The highest BCUT2D eigenvalue weighted by Gasteiger charge is 2.06. The number of aromatic nitrogens is 3. The van der Waals surface area contributed by atoms with E-state index in [4.69, 9.17) is 0 Å². The number of para-hydroxylation sites is 1. The molecule has 1 heterocycles. The summed E-state index contributed by atoms with van der Waals surface area (Å²) in [4.78, 5) is 0. The molecule has 2 rings (SSSR count). The molecule has 0 atom stereocenters. The van der Waals surface area contributed by atoms with Gasteiger partial charge < -0.3 is 5.32 Å². The van der Waals surface area contributed by atoms with E-state index in [0.717, 1.165) is 11.5 Å². The second kappa shape index (κ2) is 4.13. The lowest BCUT2D eigenvalue weighted by Gasteiger charge is -2.10. The molecule has 0 saturated carbocycles. The molecule has 4 nitrogen and oxygen atoms in total. The van der Waals surface area contributed by atoms with Gasteiger partial charge in [0.1, 0.15) is 5.82 Å². The molecule has 0 saturated heterocycles. The minimum atomic E-state index is 0.304. The van der Waals surface area contributed by atoms with Crippen LogP contribution < -0.4 is 5.32 Å². The molecule has 4 heteroatoms. The van der Waals surface area contributed by atoms with E-state index in [0.29, 0.717) is 6.04 Å². The summed E-state index contributed by atoms with van der Waals surface area (Å²) in [5.74, 6) is 0.913. The molecule has 0 aliphatic heterocycles. The number of anilines is 2. The maximum Gasteiger partial charge on any atom is 0.149 e. The summed E-state index contributed by atoms with van der Waals surface area (Å²) in [6.45, 7) is 4.15. The molecule has 0 radical (unpaired) electrons. The normalized spacial score (nSPS) is 10.6. The fourth-order valence-electron chi connectivity index (χ4n) is 1.38. The van der Waals surface area contributed by atoms with Crippen LogP contribution in [0, 0.1) is 0 Å². The predicted molar refractivity (Wildman–Crippen MR) is 60.1 cm³/mol. The first-order valence-corrected chi connectivity index (χ1v) is 4.99. The molecule has 0 spiro atoms. The summed E-state index contributed by atoms with van der Waals surface area (Å²) in [7, 11) is 0. The highest BCUT2D eigenvalue weighted by molar-refractivity contribution is 5.54. The molecule has 0 bridgehead atoms. The third-order valence-corrected chi connectivity index (χ3v) is 2.11. The second-order valence-corrected chi connectivity index (χ2v) is 3.65. The molecule has 2 aromatic rings. The average molecular weight is 202 g/mol. The van der Waals surface area contributed by atoms with Crippen molar-refractivity contribution in [3.63, 3.8) is 0 Å². The molecule has 0 fully saturated rings. The Balaban J connectivity index is 2.21. The maximum atomic E-state index is 4.02. The Bertz CT molecular complexity index is 419. The summed E-state index contributed by atoms with van der Waals surface area (Å²) in [5, 5.41) is 11.2. The fraction of sp³-hybridized carbons (Fsp3) is 0.273. The highest BCUT2D eigenvalue weighted by Crippen LogP contribution is 2.17. The van der Waals surface area contributed by atoms with E-state index in [-0.39, 0.29) is 0 Å². The molecule has 0 unspecified atom stereocenters. The Hall–Kier alpha value is -1.84. The van der Waals surface area contributed by atoms with E-state index in [9.17, 15) is 0 Å². The Morgan fingerprint density at radius 1 is 1.20 bits per heavy atom. The maximum absolute atomic E-state index is 4.02. The highest BCUT2D eigenvalue weighted by atomic mass is 15.5. The van der Waals surface area contributed by atoms with Gasteiger partial charge in [-0.25, -0.2) is 4.68 Å². The predicted octanol–water partition coefficient (Wildman–Crippen LogP) is 2.60. The van der Waals surface area contributed by atoms with Gasteiger partial charge >= 0.3 is 0 Å². The third kappa shape index (κ3) is 2.15. The van der Waals surface area contributed by atoms with Gasteiger partial charge in [0.25, 0.3) is 0 Å². The Morgan fingerprint density at radius 3 is 2.60 bits per heavy atom. The van der Waals surface area contributed by atoms with E-state index in [1.165, 1.54) is 0 Å². The Morgan fingerprint density at radius 2 is 1.93 bits per heavy atom. The molecule has 1 N–H and O–H groups in total. The summed E-state index contributed by atoms with van der Waals surface area (Å²) in [6.07, 6.45) is 1.73. The average Bonchev–Trinajstić information content (AvgIpc) is 2.67. The van der Waals surface area contributed by atoms with Crippen LogP contribution in [0.4, 0.5) is 11.5 Å². The second-order valence-electron chi connectivity index (χ2n) is 3.65. The van der Waals surface area contributed by atoms with Gasteiger partial charge in [-0.3, -0.25) is 0 Å². The van der Waals surface area contributed by atoms with Gasteiger partial charge in [-0.1, -0.05) is 23.4 Å². The van der Waals surface area contributed by atoms with Crippen molar-refractivity contribution in [2.75, 3.05) is 5.32 Å². The molecular formula is C11H14N4. The molecule has 78 valence electrons. The Kier molecular flexibility index (Phi) is 2.67. The van der Waals surface area contributed by atoms with Crippen LogP contribution in [0.2, 0.25) is 0 Å².